The van der Waals surface area contributed by atoms with Crippen LogP contribution in [0.4, 0.5) is 13.6 Å². The zero-order valence-corrected chi connectivity index (χ0v) is 12.7. The second-order valence-electron chi connectivity index (χ2n) is 4.83. The van der Waals surface area contributed by atoms with Crippen LogP contribution < -0.4 is 5.32 Å². The third-order valence-electron chi connectivity index (χ3n) is 2.98. The van der Waals surface area contributed by atoms with Crippen molar-refractivity contribution in [3.8, 4) is 17.6 Å². The van der Waals surface area contributed by atoms with E-state index in [2.05, 4.69) is 17.2 Å². The van der Waals surface area contributed by atoms with E-state index in [-0.39, 0.29) is 25.1 Å². The molecule has 0 saturated heterocycles. The summed E-state index contributed by atoms with van der Waals surface area (Å²) in [7, 11) is 0. The van der Waals surface area contributed by atoms with Gasteiger partial charge in [-0.25, -0.2) is 13.6 Å². The number of nitrogens with one attached hydrogen (secondary N) is 1. The standard InChI is InChI=1S/C18H15F2NO3/c19-15-10-14(11-16(20)17(15)22)8-4-5-9-21-18(23)24-12-13-6-2-1-3-7-13/h1-3,6-7,10-11,22H,5,9,12H2,(H,21,23). The molecule has 124 valence electrons. The van der Waals surface area contributed by atoms with Gasteiger partial charge >= 0.3 is 6.09 Å². The van der Waals surface area contributed by atoms with Crippen LogP contribution in [0.25, 0.3) is 0 Å². The molecule has 2 aromatic rings. The molecule has 1 amide bonds. The number of carbonyl (C=O) groups excluding carboxylic acids is 1. The summed E-state index contributed by atoms with van der Waals surface area (Å²) in [5.41, 5.74) is 0.985. The van der Waals surface area contributed by atoms with Gasteiger partial charge < -0.3 is 15.2 Å². The molecule has 2 aromatic carbocycles. The molecular formula is C18H15F2NO3. The number of phenols is 1. The maximum Gasteiger partial charge on any atom is 0.407 e. The molecule has 0 spiro atoms. The van der Waals surface area contributed by atoms with Crippen LogP contribution >= 0.6 is 0 Å². The lowest BCUT2D eigenvalue weighted by Crippen LogP contribution is -2.24. The predicted octanol–water partition coefficient (Wildman–Crippen LogP) is 3.34. The van der Waals surface area contributed by atoms with Crippen molar-refractivity contribution in [3.05, 3.63) is 65.2 Å². The highest BCUT2D eigenvalue weighted by atomic mass is 19.1. The second-order valence-corrected chi connectivity index (χ2v) is 4.83. The number of carbonyl (C=O) groups is 1. The average Bonchev–Trinajstić information content (AvgIpc) is 2.58. The Labute approximate surface area is 138 Å². The van der Waals surface area contributed by atoms with Crippen molar-refractivity contribution in [2.24, 2.45) is 0 Å². The van der Waals surface area contributed by atoms with Gasteiger partial charge in [-0.05, 0) is 17.7 Å². The van der Waals surface area contributed by atoms with Gasteiger partial charge in [-0.2, -0.15) is 0 Å². The minimum atomic E-state index is -1.07. The van der Waals surface area contributed by atoms with Crippen molar-refractivity contribution in [1.82, 2.24) is 5.32 Å². The van der Waals surface area contributed by atoms with Crippen molar-refractivity contribution in [2.75, 3.05) is 6.54 Å². The average molecular weight is 331 g/mol. The van der Waals surface area contributed by atoms with E-state index >= 15 is 0 Å². The molecule has 0 aliphatic heterocycles. The highest BCUT2D eigenvalue weighted by molar-refractivity contribution is 5.67. The van der Waals surface area contributed by atoms with Crippen LogP contribution in [0.2, 0.25) is 0 Å². The van der Waals surface area contributed by atoms with Crippen LogP contribution in [-0.4, -0.2) is 17.7 Å². The monoisotopic (exact) mass is 331 g/mol. The molecule has 24 heavy (non-hydrogen) atoms. The van der Waals surface area contributed by atoms with Gasteiger partial charge in [0.05, 0.1) is 0 Å². The van der Waals surface area contributed by atoms with Gasteiger partial charge in [0, 0.05) is 18.5 Å². The molecule has 0 atom stereocenters. The number of rotatable bonds is 4. The third kappa shape index (κ3) is 5.29. The molecule has 0 bridgehead atoms. The van der Waals surface area contributed by atoms with E-state index < -0.39 is 23.5 Å². The summed E-state index contributed by atoms with van der Waals surface area (Å²) in [6.45, 7) is 0.411. The van der Waals surface area contributed by atoms with Gasteiger partial charge in [0.15, 0.2) is 17.4 Å². The molecule has 0 saturated carbocycles. The Morgan fingerprint density at radius 1 is 1.17 bits per heavy atom. The van der Waals surface area contributed by atoms with Gasteiger partial charge in [0.1, 0.15) is 6.61 Å². The Bertz CT molecular complexity index is 744. The van der Waals surface area contributed by atoms with Gasteiger partial charge in [0.2, 0.25) is 0 Å². The van der Waals surface area contributed by atoms with E-state index in [0.717, 1.165) is 17.7 Å². The molecule has 0 unspecified atom stereocenters. The van der Waals surface area contributed by atoms with Crippen LogP contribution in [0.3, 0.4) is 0 Å². The summed E-state index contributed by atoms with van der Waals surface area (Å²) in [6, 6.07) is 11.1. The Morgan fingerprint density at radius 3 is 2.50 bits per heavy atom. The van der Waals surface area contributed by atoms with Crippen molar-refractivity contribution in [3.63, 3.8) is 0 Å². The number of halogens is 2. The third-order valence-corrected chi connectivity index (χ3v) is 2.98. The Kier molecular flexibility index (Phi) is 6.15. The van der Waals surface area contributed by atoms with Gasteiger partial charge in [-0.15, -0.1) is 0 Å². The number of alkyl carbamates (subject to hydrolysis) is 1. The number of ether oxygens (including phenoxy) is 1. The first-order valence-corrected chi connectivity index (χ1v) is 7.17. The smallest absolute Gasteiger partial charge is 0.407 e. The summed E-state index contributed by atoms with van der Waals surface area (Å²) in [6.07, 6.45) is -0.285. The van der Waals surface area contributed by atoms with Crippen molar-refractivity contribution in [1.29, 1.82) is 0 Å². The van der Waals surface area contributed by atoms with E-state index in [0.29, 0.717) is 0 Å². The predicted molar refractivity (Wildman–Crippen MR) is 84.1 cm³/mol. The van der Waals surface area contributed by atoms with Crippen LogP contribution in [0, 0.1) is 23.5 Å². The van der Waals surface area contributed by atoms with Crippen LogP contribution in [0.1, 0.15) is 17.5 Å². The molecule has 0 aromatic heterocycles. The SMILES string of the molecule is O=C(NCCC#Cc1cc(F)c(O)c(F)c1)OCc1ccccc1. The summed E-state index contributed by atoms with van der Waals surface area (Å²) < 4.78 is 31.2. The molecule has 2 N–H and O–H groups in total. The highest BCUT2D eigenvalue weighted by Gasteiger charge is 2.08. The number of hydrogen-bond donors (Lipinski definition) is 2. The first kappa shape index (κ1) is 17.3. The lowest BCUT2D eigenvalue weighted by molar-refractivity contribution is 0.140. The zero-order chi connectivity index (χ0) is 17.4. The lowest BCUT2D eigenvalue weighted by atomic mass is 10.2. The zero-order valence-electron chi connectivity index (χ0n) is 12.7. The van der Waals surface area contributed by atoms with Crippen molar-refractivity contribution >= 4 is 6.09 Å². The Balaban J connectivity index is 1.72. The topological polar surface area (TPSA) is 58.6 Å². The molecule has 0 radical (unpaired) electrons. The minimum absolute atomic E-state index is 0.106. The molecule has 6 heteroatoms. The molecule has 2 rings (SSSR count). The first-order valence-electron chi connectivity index (χ1n) is 7.17. The molecule has 0 aliphatic rings. The molecule has 0 aliphatic carbocycles. The van der Waals surface area contributed by atoms with Gasteiger partial charge in [0.25, 0.3) is 0 Å². The number of benzene rings is 2. The number of phenolic OH excluding ortho intramolecular Hbond substituents is 1. The molecular weight excluding hydrogens is 316 g/mol. The van der Waals surface area contributed by atoms with E-state index in [9.17, 15) is 13.6 Å². The summed E-state index contributed by atoms with van der Waals surface area (Å²) >= 11 is 0. The summed E-state index contributed by atoms with van der Waals surface area (Å²) in [5.74, 6) is 2.06. The van der Waals surface area contributed by atoms with Gasteiger partial charge in [-0.1, -0.05) is 42.2 Å². The van der Waals surface area contributed by atoms with E-state index in [1.165, 1.54) is 0 Å². The number of aromatic hydroxyl groups is 1. The van der Waals surface area contributed by atoms with Gasteiger partial charge in [-0.3, -0.25) is 0 Å². The fraction of sp³-hybridized carbons (Fsp3) is 0.167. The van der Waals surface area contributed by atoms with E-state index in [1.54, 1.807) is 0 Å². The fourth-order valence-electron chi connectivity index (χ4n) is 1.80. The second kappa shape index (κ2) is 8.53. The highest BCUT2D eigenvalue weighted by Crippen LogP contribution is 2.20. The largest absolute Gasteiger partial charge is 0.503 e. The van der Waals surface area contributed by atoms with Crippen LogP contribution in [-0.2, 0) is 11.3 Å². The van der Waals surface area contributed by atoms with Crippen molar-refractivity contribution < 1.29 is 23.4 Å². The Hall–Kier alpha value is -3.07. The van der Waals surface area contributed by atoms with Crippen molar-refractivity contribution in [2.45, 2.75) is 13.0 Å². The molecule has 0 heterocycles. The van der Waals surface area contributed by atoms with Crippen LogP contribution in [0.15, 0.2) is 42.5 Å². The normalized spacial score (nSPS) is 9.75. The first-order chi connectivity index (χ1) is 11.6. The number of amides is 1. The molecule has 4 nitrogen and oxygen atoms in total. The minimum Gasteiger partial charge on any atom is -0.503 e. The quantitative estimate of drug-likeness (QED) is 0.667. The maximum absolute atomic E-state index is 13.1. The summed E-state index contributed by atoms with van der Waals surface area (Å²) in [5, 5.41) is 11.5. The number of hydrogen-bond acceptors (Lipinski definition) is 3. The van der Waals surface area contributed by atoms with Crippen LogP contribution in [0.5, 0.6) is 5.75 Å². The lowest BCUT2D eigenvalue weighted by Gasteiger charge is -2.05. The molecule has 0 fully saturated rings. The fourth-order valence-corrected chi connectivity index (χ4v) is 1.80. The van der Waals surface area contributed by atoms with E-state index in [1.807, 2.05) is 30.3 Å². The Morgan fingerprint density at radius 2 is 1.83 bits per heavy atom. The summed E-state index contributed by atoms with van der Waals surface area (Å²) in [4.78, 5) is 11.5. The van der Waals surface area contributed by atoms with E-state index in [4.69, 9.17) is 9.84 Å². The maximum atomic E-state index is 13.1.